The van der Waals surface area contributed by atoms with Gasteiger partial charge in [0.05, 0.1) is 6.61 Å². The monoisotopic (exact) mass is 538 g/mol. The van der Waals surface area contributed by atoms with E-state index in [0.717, 1.165) is 19.4 Å². The number of hydrogen-bond acceptors (Lipinski definition) is 1. The van der Waals surface area contributed by atoms with E-state index in [4.69, 9.17) is 4.74 Å². The van der Waals surface area contributed by atoms with E-state index in [1.54, 1.807) is 0 Å². The number of unbranched alkanes of at least 4 members (excludes halogenated alkanes) is 12. The Kier molecular flexibility index (Phi) is 16.6. The predicted octanol–water partition coefficient (Wildman–Crippen LogP) is 6.05. The van der Waals surface area contributed by atoms with Gasteiger partial charge in [0, 0.05) is 0 Å². The minimum atomic E-state index is -1.86. The zero-order valence-electron chi connectivity index (χ0n) is 23.0. The number of rotatable bonds is 19. The molecule has 202 valence electrons. The van der Waals surface area contributed by atoms with Gasteiger partial charge in [-0.3, -0.25) is 0 Å². The first kappa shape index (κ1) is 31.6. The Morgan fingerprint density at radius 3 is 1.14 bits per heavy atom. The van der Waals surface area contributed by atoms with Gasteiger partial charge in [-0.15, -0.1) is 0 Å². The second kappa shape index (κ2) is 19.4. The van der Waals surface area contributed by atoms with Gasteiger partial charge in [0.2, 0.25) is 0 Å². The highest BCUT2D eigenvalue weighted by Gasteiger charge is 2.45. The fourth-order valence-electron chi connectivity index (χ4n) is 5.14. The molecule has 37 heavy (non-hydrogen) atoms. The number of halogens is 1. The van der Waals surface area contributed by atoms with Crippen molar-refractivity contribution in [1.82, 2.24) is 0 Å². The predicted molar refractivity (Wildman–Crippen MR) is 162 cm³/mol. The van der Waals surface area contributed by atoms with Gasteiger partial charge >= 0.3 is 0 Å². The van der Waals surface area contributed by atoms with Gasteiger partial charge in [0.25, 0.3) is 0 Å². The molecule has 1 nitrogen and oxygen atoms in total. The molecule has 3 heteroatoms. The molecule has 0 spiro atoms. The quantitative estimate of drug-likeness (QED) is 0.133. The summed E-state index contributed by atoms with van der Waals surface area (Å²) in [6.45, 7) is 3.15. The lowest BCUT2D eigenvalue weighted by molar-refractivity contribution is -0.00000779. The van der Waals surface area contributed by atoms with Crippen LogP contribution in [0.4, 0.5) is 0 Å². The lowest BCUT2D eigenvalue weighted by Gasteiger charge is -2.27. The minimum Gasteiger partial charge on any atom is -1.00 e. The summed E-state index contributed by atoms with van der Waals surface area (Å²) in [6, 6.07) is 33.1. The highest BCUT2D eigenvalue weighted by Crippen LogP contribution is 2.55. The van der Waals surface area contributed by atoms with E-state index in [-0.39, 0.29) is 12.4 Å². The Morgan fingerprint density at radius 1 is 0.459 bits per heavy atom. The second-order valence-corrected chi connectivity index (χ2v) is 13.5. The van der Waals surface area contributed by atoms with E-state index in [1.165, 1.54) is 93.0 Å². The van der Waals surface area contributed by atoms with E-state index in [2.05, 4.69) is 97.9 Å². The van der Waals surface area contributed by atoms with Crippen molar-refractivity contribution in [2.45, 2.75) is 90.4 Å². The third-order valence-corrected chi connectivity index (χ3v) is 11.4. The average Bonchev–Trinajstić information content (AvgIpc) is 2.94. The summed E-state index contributed by atoms with van der Waals surface area (Å²) < 4.78 is 6.51. The van der Waals surface area contributed by atoms with Gasteiger partial charge in [0.15, 0.2) is 6.35 Å². The fourth-order valence-corrected chi connectivity index (χ4v) is 8.93. The Balaban J connectivity index is 0.00000481. The molecule has 0 atom stereocenters. The minimum absolute atomic E-state index is 0. The number of hydrogen-bond donors (Lipinski definition) is 0. The molecule has 0 saturated heterocycles. The van der Waals surface area contributed by atoms with Crippen LogP contribution in [0.15, 0.2) is 91.0 Å². The van der Waals surface area contributed by atoms with Gasteiger partial charge in [-0.25, -0.2) is 0 Å². The van der Waals surface area contributed by atoms with Crippen molar-refractivity contribution in [2.75, 3.05) is 13.0 Å². The molecule has 0 radical (unpaired) electrons. The van der Waals surface area contributed by atoms with Crippen molar-refractivity contribution >= 4 is 23.2 Å². The molecule has 0 aliphatic heterocycles. The van der Waals surface area contributed by atoms with Crippen LogP contribution in [0.2, 0.25) is 0 Å². The third-order valence-electron chi connectivity index (χ3n) is 7.27. The first-order valence-corrected chi connectivity index (χ1v) is 16.5. The summed E-state index contributed by atoms with van der Waals surface area (Å²) >= 11 is 0. The van der Waals surface area contributed by atoms with Crippen LogP contribution in [0.5, 0.6) is 0 Å². The highest BCUT2D eigenvalue weighted by atomic mass is 35.5. The standard InChI is InChI=1S/C34H48OP.ClH/c1-2-3-4-5-6-7-8-9-10-11-12-13-23-30-35-31-36(32-24-17-14-18-25-32,33-26-19-15-20-27-33)34-28-21-16-22-29-34;/h14-22,24-29H,2-13,23,30-31H2,1H3;1H/q+1;/p-1. The first-order valence-electron chi connectivity index (χ1n) is 14.5. The molecule has 0 amide bonds. The molecule has 0 N–H and O–H groups in total. The summed E-state index contributed by atoms with van der Waals surface area (Å²) in [6.07, 6.45) is 18.7. The summed E-state index contributed by atoms with van der Waals surface area (Å²) in [5, 5.41) is 4.19. The summed E-state index contributed by atoms with van der Waals surface area (Å²) in [7, 11) is -1.86. The van der Waals surface area contributed by atoms with Crippen molar-refractivity contribution in [3.63, 3.8) is 0 Å². The van der Waals surface area contributed by atoms with E-state index in [1.807, 2.05) is 0 Å². The van der Waals surface area contributed by atoms with E-state index in [9.17, 15) is 0 Å². The fraction of sp³-hybridized carbons (Fsp3) is 0.471. The molecule has 0 saturated carbocycles. The summed E-state index contributed by atoms with van der Waals surface area (Å²) in [5.74, 6) is 0. The Morgan fingerprint density at radius 2 is 0.784 bits per heavy atom. The normalized spacial score (nSPS) is 11.3. The maximum atomic E-state index is 6.51. The molecule has 0 aliphatic carbocycles. The van der Waals surface area contributed by atoms with Crippen LogP contribution >= 0.6 is 7.26 Å². The van der Waals surface area contributed by atoms with E-state index < -0.39 is 7.26 Å². The second-order valence-electron chi connectivity index (χ2n) is 10.1. The third kappa shape index (κ3) is 10.6. The van der Waals surface area contributed by atoms with Crippen LogP contribution in [0.1, 0.15) is 90.4 Å². The van der Waals surface area contributed by atoms with Crippen LogP contribution in [-0.4, -0.2) is 13.0 Å². The lowest BCUT2D eigenvalue weighted by atomic mass is 10.0. The largest absolute Gasteiger partial charge is 1.00 e. The molecule has 0 heterocycles. The molecule has 0 unspecified atom stereocenters. The van der Waals surface area contributed by atoms with Crippen LogP contribution in [-0.2, 0) is 4.74 Å². The van der Waals surface area contributed by atoms with Crippen LogP contribution in [0.3, 0.4) is 0 Å². The van der Waals surface area contributed by atoms with E-state index >= 15 is 0 Å². The van der Waals surface area contributed by atoms with Gasteiger partial charge in [-0.2, -0.15) is 0 Å². The summed E-state index contributed by atoms with van der Waals surface area (Å²) in [4.78, 5) is 0. The zero-order chi connectivity index (χ0) is 25.2. The Bertz CT molecular complexity index is 820. The molecule has 3 aromatic carbocycles. The van der Waals surface area contributed by atoms with E-state index in [0.29, 0.717) is 0 Å². The van der Waals surface area contributed by atoms with Gasteiger partial charge in [-0.05, 0) is 42.8 Å². The van der Waals surface area contributed by atoms with Crippen LogP contribution < -0.4 is 28.3 Å². The Hall–Kier alpha value is -1.66. The van der Waals surface area contributed by atoms with Crippen LogP contribution in [0.25, 0.3) is 0 Å². The number of ether oxygens (including phenoxy) is 1. The van der Waals surface area contributed by atoms with Crippen molar-refractivity contribution in [2.24, 2.45) is 0 Å². The first-order chi connectivity index (χ1) is 17.9. The highest BCUT2D eigenvalue weighted by molar-refractivity contribution is 7.95. The van der Waals surface area contributed by atoms with Crippen molar-refractivity contribution in [3.05, 3.63) is 91.0 Å². The molecule has 3 rings (SSSR count). The maximum Gasteiger partial charge on any atom is 0.171 e. The van der Waals surface area contributed by atoms with Gasteiger partial charge in [-0.1, -0.05) is 139 Å². The molecular formula is C34H48ClOP. The van der Waals surface area contributed by atoms with Crippen molar-refractivity contribution < 1.29 is 17.1 Å². The van der Waals surface area contributed by atoms with Gasteiger partial charge in [0.1, 0.15) is 23.2 Å². The summed E-state index contributed by atoms with van der Waals surface area (Å²) in [5.41, 5.74) is 0. The molecule has 0 aliphatic rings. The van der Waals surface area contributed by atoms with Crippen molar-refractivity contribution in [1.29, 1.82) is 0 Å². The molecule has 0 aromatic heterocycles. The Labute approximate surface area is 234 Å². The molecule has 3 aromatic rings. The smallest absolute Gasteiger partial charge is 0.171 e. The topological polar surface area (TPSA) is 9.23 Å². The average molecular weight is 539 g/mol. The maximum absolute atomic E-state index is 6.51. The molecule has 0 fully saturated rings. The molecule has 0 bridgehead atoms. The number of benzene rings is 3. The van der Waals surface area contributed by atoms with Crippen molar-refractivity contribution in [3.8, 4) is 0 Å². The lowest BCUT2D eigenvalue weighted by Crippen LogP contribution is -3.00. The zero-order valence-corrected chi connectivity index (χ0v) is 24.7. The SMILES string of the molecule is CCCCCCCCCCCCCCCOC[P+](c1ccccc1)(c1ccccc1)c1ccccc1.[Cl-]. The van der Waals surface area contributed by atoms with Gasteiger partial charge < -0.3 is 17.1 Å². The van der Waals surface area contributed by atoms with Crippen LogP contribution in [0, 0.1) is 0 Å². The molecular weight excluding hydrogens is 491 g/mol.